The zero-order valence-corrected chi connectivity index (χ0v) is 12.1. The lowest BCUT2D eigenvalue weighted by Gasteiger charge is -1.97. The molecule has 0 aliphatic heterocycles. The first-order chi connectivity index (χ1) is 10.1. The zero-order chi connectivity index (χ0) is 14.8. The standard InChI is InChI=1S/C15H13N3O2S/c1-18-12-4-2-3-5-14(12)21-15(18)17-16-9-10-6-7-11(19)8-13(10)20/h2-9,19-20H,1H3/b16-9-,17-15+. The van der Waals surface area contributed by atoms with E-state index in [1.54, 1.807) is 17.4 Å². The number of nitrogens with zero attached hydrogens (tertiary/aromatic N) is 3. The molecule has 106 valence electrons. The van der Waals surface area contributed by atoms with Crippen LogP contribution in [-0.2, 0) is 7.05 Å². The van der Waals surface area contributed by atoms with E-state index in [1.165, 1.54) is 18.3 Å². The van der Waals surface area contributed by atoms with Gasteiger partial charge in [0, 0.05) is 18.7 Å². The zero-order valence-electron chi connectivity index (χ0n) is 11.3. The lowest BCUT2D eigenvalue weighted by Crippen LogP contribution is -2.08. The topological polar surface area (TPSA) is 70.1 Å². The van der Waals surface area contributed by atoms with Gasteiger partial charge >= 0.3 is 0 Å². The van der Waals surface area contributed by atoms with Crippen molar-refractivity contribution in [1.82, 2.24) is 4.57 Å². The van der Waals surface area contributed by atoms with E-state index >= 15 is 0 Å². The number of thiazole rings is 1. The number of phenolic OH excluding ortho intramolecular Hbond substituents is 2. The Hall–Kier alpha value is -2.60. The van der Waals surface area contributed by atoms with E-state index < -0.39 is 0 Å². The van der Waals surface area contributed by atoms with E-state index in [-0.39, 0.29) is 11.5 Å². The average molecular weight is 299 g/mol. The maximum Gasteiger partial charge on any atom is 0.211 e. The van der Waals surface area contributed by atoms with Crippen LogP contribution in [0.2, 0.25) is 0 Å². The van der Waals surface area contributed by atoms with E-state index in [9.17, 15) is 10.2 Å². The van der Waals surface area contributed by atoms with Crippen LogP contribution in [0.1, 0.15) is 5.56 Å². The van der Waals surface area contributed by atoms with Crippen LogP contribution in [0.15, 0.2) is 52.7 Å². The molecule has 1 aromatic heterocycles. The van der Waals surface area contributed by atoms with Crippen LogP contribution in [0.5, 0.6) is 11.5 Å². The summed E-state index contributed by atoms with van der Waals surface area (Å²) in [6.07, 6.45) is 1.46. The van der Waals surface area contributed by atoms with E-state index in [1.807, 2.05) is 35.9 Å². The minimum atomic E-state index is -0.0327. The maximum absolute atomic E-state index is 9.66. The molecule has 0 aliphatic carbocycles. The normalized spacial score (nSPS) is 12.5. The second-order valence-corrected chi connectivity index (χ2v) is 5.51. The summed E-state index contributed by atoms with van der Waals surface area (Å²) >= 11 is 1.55. The van der Waals surface area contributed by atoms with E-state index in [2.05, 4.69) is 10.2 Å². The van der Waals surface area contributed by atoms with Gasteiger partial charge in [-0.05, 0) is 24.3 Å². The van der Waals surface area contributed by atoms with E-state index in [0.29, 0.717) is 5.56 Å². The Bertz CT molecular complexity index is 893. The number of para-hydroxylation sites is 1. The van der Waals surface area contributed by atoms with Gasteiger partial charge in [0.25, 0.3) is 0 Å². The van der Waals surface area contributed by atoms with Crippen LogP contribution >= 0.6 is 11.3 Å². The predicted molar refractivity (Wildman–Crippen MR) is 83.7 cm³/mol. The monoisotopic (exact) mass is 299 g/mol. The van der Waals surface area contributed by atoms with Crippen LogP contribution in [0.3, 0.4) is 0 Å². The van der Waals surface area contributed by atoms with Crippen molar-refractivity contribution in [2.24, 2.45) is 17.3 Å². The highest BCUT2D eigenvalue weighted by Gasteiger charge is 2.01. The Kier molecular flexibility index (Phi) is 3.45. The highest BCUT2D eigenvalue weighted by atomic mass is 32.1. The molecule has 0 radical (unpaired) electrons. The van der Waals surface area contributed by atoms with Crippen molar-refractivity contribution < 1.29 is 10.2 Å². The van der Waals surface area contributed by atoms with Crippen molar-refractivity contribution in [1.29, 1.82) is 0 Å². The number of aryl methyl sites for hydroxylation is 1. The fraction of sp³-hybridized carbons (Fsp3) is 0.0667. The molecule has 0 unspecified atom stereocenters. The summed E-state index contributed by atoms with van der Waals surface area (Å²) in [6, 6.07) is 12.4. The number of aromatic hydroxyl groups is 2. The molecular formula is C15H13N3O2S. The second kappa shape index (κ2) is 5.41. The SMILES string of the molecule is Cn1/c(=N\N=C/c2ccc(O)cc2O)sc2ccccc21. The highest BCUT2D eigenvalue weighted by Crippen LogP contribution is 2.20. The van der Waals surface area contributed by atoms with Gasteiger partial charge in [0.1, 0.15) is 11.5 Å². The van der Waals surface area contributed by atoms with Crippen molar-refractivity contribution in [2.45, 2.75) is 0 Å². The molecule has 2 aromatic carbocycles. The van der Waals surface area contributed by atoms with Gasteiger partial charge in [-0.2, -0.15) is 5.10 Å². The third kappa shape index (κ3) is 2.66. The number of benzene rings is 2. The smallest absolute Gasteiger partial charge is 0.211 e. The van der Waals surface area contributed by atoms with Crippen molar-refractivity contribution in [3.63, 3.8) is 0 Å². The maximum atomic E-state index is 9.66. The molecule has 0 spiro atoms. The third-order valence-corrected chi connectivity index (χ3v) is 4.17. The van der Waals surface area contributed by atoms with Gasteiger partial charge < -0.3 is 14.8 Å². The summed E-state index contributed by atoms with van der Waals surface area (Å²) in [5.41, 5.74) is 1.60. The van der Waals surface area contributed by atoms with Crippen LogP contribution < -0.4 is 4.80 Å². The summed E-state index contributed by atoms with van der Waals surface area (Å²) < 4.78 is 3.11. The first-order valence-electron chi connectivity index (χ1n) is 6.29. The number of aromatic nitrogens is 1. The van der Waals surface area contributed by atoms with Crippen LogP contribution in [0.4, 0.5) is 0 Å². The number of hydrogen-bond donors (Lipinski definition) is 2. The average Bonchev–Trinajstić information content (AvgIpc) is 2.79. The fourth-order valence-corrected chi connectivity index (χ4v) is 2.94. The molecule has 0 saturated carbocycles. The summed E-state index contributed by atoms with van der Waals surface area (Å²) in [5, 5.41) is 27.1. The van der Waals surface area contributed by atoms with Gasteiger partial charge in [-0.1, -0.05) is 23.5 Å². The third-order valence-electron chi connectivity index (χ3n) is 3.07. The van der Waals surface area contributed by atoms with E-state index in [0.717, 1.165) is 15.0 Å². The molecule has 1 heterocycles. The Morgan fingerprint density at radius 1 is 1.14 bits per heavy atom. The Morgan fingerprint density at radius 3 is 2.71 bits per heavy atom. The molecule has 21 heavy (non-hydrogen) atoms. The van der Waals surface area contributed by atoms with Gasteiger partial charge in [0.2, 0.25) is 4.80 Å². The molecule has 3 aromatic rings. The largest absolute Gasteiger partial charge is 0.508 e. The first kappa shape index (κ1) is 13.4. The molecule has 0 aliphatic rings. The molecule has 0 atom stereocenters. The lowest BCUT2D eigenvalue weighted by molar-refractivity contribution is 0.450. The van der Waals surface area contributed by atoms with Gasteiger partial charge in [-0.25, -0.2) is 0 Å². The van der Waals surface area contributed by atoms with Gasteiger partial charge in [-0.15, -0.1) is 5.10 Å². The fourth-order valence-electron chi connectivity index (χ4n) is 1.96. The number of rotatable bonds is 2. The first-order valence-corrected chi connectivity index (χ1v) is 7.10. The molecule has 0 saturated heterocycles. The molecular weight excluding hydrogens is 286 g/mol. The number of phenols is 2. The van der Waals surface area contributed by atoms with Crippen molar-refractivity contribution in [3.8, 4) is 11.5 Å². The van der Waals surface area contributed by atoms with Crippen LogP contribution in [-0.4, -0.2) is 21.0 Å². The van der Waals surface area contributed by atoms with Gasteiger partial charge in [0.15, 0.2) is 0 Å². The molecule has 6 heteroatoms. The summed E-state index contributed by atoms with van der Waals surface area (Å²) in [4.78, 5) is 0.769. The van der Waals surface area contributed by atoms with Crippen LogP contribution in [0, 0.1) is 0 Å². The van der Waals surface area contributed by atoms with Gasteiger partial charge in [0.05, 0.1) is 16.4 Å². The van der Waals surface area contributed by atoms with Crippen molar-refractivity contribution in [2.75, 3.05) is 0 Å². The van der Waals surface area contributed by atoms with Crippen molar-refractivity contribution in [3.05, 3.63) is 52.8 Å². The van der Waals surface area contributed by atoms with Gasteiger partial charge in [-0.3, -0.25) is 0 Å². The quantitative estimate of drug-likeness (QED) is 0.564. The second-order valence-electron chi connectivity index (χ2n) is 4.50. The highest BCUT2D eigenvalue weighted by molar-refractivity contribution is 7.16. The van der Waals surface area contributed by atoms with E-state index in [4.69, 9.17) is 0 Å². The lowest BCUT2D eigenvalue weighted by atomic mass is 10.2. The molecule has 2 N–H and O–H groups in total. The summed E-state index contributed by atoms with van der Waals surface area (Å²) in [6.45, 7) is 0. The number of hydrogen-bond acceptors (Lipinski definition) is 5. The number of fused-ring (bicyclic) bond motifs is 1. The van der Waals surface area contributed by atoms with Crippen molar-refractivity contribution >= 4 is 27.8 Å². The minimum absolute atomic E-state index is 0.0116. The minimum Gasteiger partial charge on any atom is -0.508 e. The molecule has 0 fully saturated rings. The predicted octanol–water partition coefficient (Wildman–Crippen LogP) is 2.59. The molecule has 0 amide bonds. The Morgan fingerprint density at radius 2 is 1.95 bits per heavy atom. The summed E-state index contributed by atoms with van der Waals surface area (Å²) in [5.74, 6) is -0.0211. The van der Waals surface area contributed by atoms with Crippen LogP contribution in [0.25, 0.3) is 10.2 Å². The Labute approximate surface area is 124 Å². The summed E-state index contributed by atoms with van der Waals surface area (Å²) in [7, 11) is 1.94. The molecule has 0 bridgehead atoms. The molecule has 5 nitrogen and oxygen atoms in total. The Balaban J connectivity index is 1.97. The molecule has 3 rings (SSSR count).